The van der Waals surface area contributed by atoms with Gasteiger partial charge in [0.2, 0.25) is 5.28 Å². The topological polar surface area (TPSA) is 47.0 Å². The predicted octanol–water partition coefficient (Wildman–Crippen LogP) is 6.19. The van der Waals surface area contributed by atoms with E-state index < -0.39 is 0 Å². The third-order valence-electron chi connectivity index (χ3n) is 3.60. The highest BCUT2D eigenvalue weighted by atomic mass is 35.5. The summed E-state index contributed by atoms with van der Waals surface area (Å²) in [5.41, 5.74) is 0.811. The van der Waals surface area contributed by atoms with Crippen LogP contribution in [0.5, 0.6) is 11.5 Å². The van der Waals surface area contributed by atoms with E-state index >= 15 is 0 Å². The van der Waals surface area contributed by atoms with E-state index in [-0.39, 0.29) is 5.28 Å². The number of para-hydroxylation sites is 3. The molecule has 0 saturated carbocycles. The Morgan fingerprint density at radius 1 is 1.00 bits per heavy atom. The maximum Gasteiger partial charge on any atom is 0.225 e. The van der Waals surface area contributed by atoms with Crippen LogP contribution in [0.2, 0.25) is 5.28 Å². The lowest BCUT2D eigenvalue weighted by Crippen LogP contribution is -1.98. The van der Waals surface area contributed by atoms with E-state index in [9.17, 15) is 0 Å². The smallest absolute Gasteiger partial charge is 0.225 e. The van der Waals surface area contributed by atoms with Crippen LogP contribution in [0.15, 0.2) is 60.7 Å². The molecule has 1 N–H and O–H groups in total. The zero-order valence-corrected chi connectivity index (χ0v) is 14.9. The van der Waals surface area contributed by atoms with Crippen LogP contribution in [0.1, 0.15) is 4.88 Å². The summed E-state index contributed by atoms with van der Waals surface area (Å²) in [6.45, 7) is 2.04. The number of nitrogens with one attached hydrogen (secondary N) is 1. The standard InChI is InChI=1S/C19H14ClN3OS/c1-12-11-14-17(22-19(20)23-18(14)25-12)21-15-9-5-6-10-16(15)24-13-7-3-2-4-8-13/h2-11H,1H3,(H,21,22,23). The zero-order valence-electron chi connectivity index (χ0n) is 13.4. The summed E-state index contributed by atoms with van der Waals surface area (Å²) in [7, 11) is 0. The fourth-order valence-electron chi connectivity index (χ4n) is 2.51. The van der Waals surface area contributed by atoms with E-state index in [0.717, 1.165) is 26.5 Å². The van der Waals surface area contributed by atoms with Gasteiger partial charge in [0.25, 0.3) is 0 Å². The molecule has 4 nitrogen and oxygen atoms in total. The quantitative estimate of drug-likeness (QED) is 0.437. The molecule has 0 unspecified atom stereocenters. The molecule has 0 aliphatic heterocycles. The molecular formula is C19H14ClN3OS. The molecule has 0 aliphatic carbocycles. The molecule has 0 atom stereocenters. The first-order valence-electron chi connectivity index (χ1n) is 7.72. The second kappa shape index (κ2) is 6.70. The summed E-state index contributed by atoms with van der Waals surface area (Å²) >= 11 is 7.67. The van der Waals surface area contributed by atoms with Crippen molar-refractivity contribution in [3.63, 3.8) is 0 Å². The summed E-state index contributed by atoms with van der Waals surface area (Å²) < 4.78 is 5.99. The number of rotatable bonds is 4. The molecule has 25 heavy (non-hydrogen) atoms. The molecule has 0 spiro atoms. The highest BCUT2D eigenvalue weighted by Gasteiger charge is 2.12. The average molecular weight is 368 g/mol. The number of aryl methyl sites for hydroxylation is 1. The lowest BCUT2D eigenvalue weighted by atomic mass is 10.2. The van der Waals surface area contributed by atoms with E-state index in [4.69, 9.17) is 16.3 Å². The molecule has 0 aliphatic rings. The monoisotopic (exact) mass is 367 g/mol. The molecule has 0 fully saturated rings. The number of fused-ring (bicyclic) bond motifs is 1. The van der Waals surface area contributed by atoms with Crippen LogP contribution in [-0.2, 0) is 0 Å². The van der Waals surface area contributed by atoms with Crippen molar-refractivity contribution in [2.24, 2.45) is 0 Å². The minimum Gasteiger partial charge on any atom is -0.455 e. The molecule has 2 aromatic carbocycles. The number of aromatic nitrogens is 2. The first-order valence-corrected chi connectivity index (χ1v) is 8.91. The van der Waals surface area contributed by atoms with E-state index in [0.29, 0.717) is 11.6 Å². The number of hydrogen-bond donors (Lipinski definition) is 1. The Bertz CT molecular complexity index is 1030. The van der Waals surface area contributed by atoms with E-state index in [2.05, 4.69) is 21.4 Å². The number of nitrogens with zero attached hydrogens (tertiary/aromatic N) is 2. The highest BCUT2D eigenvalue weighted by molar-refractivity contribution is 7.18. The van der Waals surface area contributed by atoms with Crippen molar-refractivity contribution in [3.05, 3.63) is 70.8 Å². The van der Waals surface area contributed by atoms with Crippen LogP contribution in [0, 0.1) is 6.92 Å². The van der Waals surface area contributed by atoms with Gasteiger partial charge in [-0.3, -0.25) is 0 Å². The Balaban J connectivity index is 1.72. The SMILES string of the molecule is Cc1cc2c(Nc3ccccc3Oc3ccccc3)nc(Cl)nc2s1. The average Bonchev–Trinajstić information content (AvgIpc) is 2.98. The first kappa shape index (κ1) is 15.9. The maximum absolute atomic E-state index is 6.08. The van der Waals surface area contributed by atoms with Gasteiger partial charge >= 0.3 is 0 Å². The molecule has 124 valence electrons. The molecule has 4 rings (SSSR count). The molecule has 0 radical (unpaired) electrons. The highest BCUT2D eigenvalue weighted by Crippen LogP contribution is 2.35. The number of thiophene rings is 1. The van der Waals surface area contributed by atoms with Gasteiger partial charge in [0, 0.05) is 4.88 Å². The Morgan fingerprint density at radius 2 is 1.76 bits per heavy atom. The van der Waals surface area contributed by atoms with Crippen LogP contribution in [-0.4, -0.2) is 9.97 Å². The van der Waals surface area contributed by atoms with Crippen LogP contribution in [0.25, 0.3) is 10.2 Å². The molecule has 0 amide bonds. The van der Waals surface area contributed by atoms with Crippen LogP contribution < -0.4 is 10.1 Å². The number of anilines is 2. The van der Waals surface area contributed by atoms with Crippen molar-refractivity contribution >= 4 is 44.7 Å². The van der Waals surface area contributed by atoms with Crippen molar-refractivity contribution in [2.45, 2.75) is 6.92 Å². The molecular weight excluding hydrogens is 354 g/mol. The van der Waals surface area contributed by atoms with Gasteiger partial charge in [-0.25, -0.2) is 4.98 Å². The maximum atomic E-state index is 6.08. The molecule has 2 aromatic heterocycles. The van der Waals surface area contributed by atoms with E-state index in [1.54, 1.807) is 11.3 Å². The summed E-state index contributed by atoms with van der Waals surface area (Å²) in [5, 5.41) is 4.50. The van der Waals surface area contributed by atoms with Crippen molar-refractivity contribution in [3.8, 4) is 11.5 Å². The summed E-state index contributed by atoms with van der Waals surface area (Å²) in [6.07, 6.45) is 0. The largest absolute Gasteiger partial charge is 0.455 e. The zero-order chi connectivity index (χ0) is 17.2. The Hall–Kier alpha value is -2.63. The van der Waals surface area contributed by atoms with Crippen molar-refractivity contribution < 1.29 is 4.74 Å². The van der Waals surface area contributed by atoms with Gasteiger partial charge in [-0.15, -0.1) is 11.3 Å². The lowest BCUT2D eigenvalue weighted by molar-refractivity contribution is 0.485. The fourth-order valence-corrected chi connectivity index (χ4v) is 3.61. The Kier molecular flexibility index (Phi) is 4.26. The summed E-state index contributed by atoms with van der Waals surface area (Å²) in [5.74, 6) is 2.15. The van der Waals surface area contributed by atoms with Gasteiger partial charge in [-0.05, 0) is 48.9 Å². The Morgan fingerprint density at radius 3 is 2.60 bits per heavy atom. The van der Waals surface area contributed by atoms with E-state index in [1.165, 1.54) is 0 Å². The molecule has 4 aromatic rings. The van der Waals surface area contributed by atoms with Gasteiger partial charge in [0.15, 0.2) is 5.75 Å². The Labute approximate surface area is 154 Å². The normalized spacial score (nSPS) is 10.8. The molecule has 2 heterocycles. The third kappa shape index (κ3) is 3.43. The summed E-state index contributed by atoms with van der Waals surface area (Å²) in [4.78, 5) is 10.7. The van der Waals surface area contributed by atoms with E-state index in [1.807, 2.05) is 61.5 Å². The first-order chi connectivity index (χ1) is 12.2. The number of benzene rings is 2. The van der Waals surface area contributed by atoms with Gasteiger partial charge in [-0.1, -0.05) is 30.3 Å². The summed E-state index contributed by atoms with van der Waals surface area (Å²) in [6, 6.07) is 19.4. The minimum atomic E-state index is 0.221. The molecule has 0 bridgehead atoms. The molecule has 0 saturated heterocycles. The van der Waals surface area contributed by atoms with Gasteiger partial charge in [-0.2, -0.15) is 4.98 Å². The van der Waals surface area contributed by atoms with Crippen molar-refractivity contribution in [2.75, 3.05) is 5.32 Å². The van der Waals surface area contributed by atoms with Gasteiger partial charge < -0.3 is 10.1 Å². The third-order valence-corrected chi connectivity index (χ3v) is 4.71. The van der Waals surface area contributed by atoms with Gasteiger partial charge in [0.05, 0.1) is 11.1 Å². The van der Waals surface area contributed by atoms with Crippen LogP contribution in [0.3, 0.4) is 0 Å². The second-order valence-electron chi connectivity index (χ2n) is 5.45. The van der Waals surface area contributed by atoms with Gasteiger partial charge in [0.1, 0.15) is 16.4 Å². The number of ether oxygens (including phenoxy) is 1. The lowest BCUT2D eigenvalue weighted by Gasteiger charge is -2.13. The number of hydrogen-bond acceptors (Lipinski definition) is 5. The van der Waals surface area contributed by atoms with Crippen molar-refractivity contribution in [1.29, 1.82) is 0 Å². The minimum absolute atomic E-state index is 0.221. The fraction of sp³-hybridized carbons (Fsp3) is 0.0526. The second-order valence-corrected chi connectivity index (χ2v) is 7.03. The number of halogens is 1. The van der Waals surface area contributed by atoms with Crippen molar-refractivity contribution in [1.82, 2.24) is 9.97 Å². The molecule has 6 heteroatoms. The van der Waals surface area contributed by atoms with Crippen LogP contribution >= 0.6 is 22.9 Å². The van der Waals surface area contributed by atoms with Crippen LogP contribution in [0.4, 0.5) is 11.5 Å². The predicted molar refractivity (Wildman–Crippen MR) is 103 cm³/mol.